The number of halogens is 1. The highest BCUT2D eigenvalue weighted by Gasteiger charge is 2.51. The number of carbonyl (C=O) groups is 5. The summed E-state index contributed by atoms with van der Waals surface area (Å²) in [5.74, 6) is -1.95. The fourth-order valence-electron chi connectivity index (χ4n) is 3.78. The minimum Gasteiger partial charge on any atom is -0.463 e. The highest BCUT2D eigenvalue weighted by atomic mass is 35.5. The first-order chi connectivity index (χ1) is 16.2. The summed E-state index contributed by atoms with van der Waals surface area (Å²) in [6, 6.07) is 2.55. The third kappa shape index (κ3) is 5.09. The zero-order chi connectivity index (χ0) is 25.0. The molecule has 1 aromatic rings. The lowest BCUT2D eigenvalue weighted by Gasteiger charge is -2.34. The summed E-state index contributed by atoms with van der Waals surface area (Å²) in [6.45, 7) is 4.83. The molecule has 0 bridgehead atoms. The largest absolute Gasteiger partial charge is 0.511 e. The van der Waals surface area contributed by atoms with Crippen molar-refractivity contribution < 1.29 is 42.9 Å². The maximum atomic E-state index is 13.2. The van der Waals surface area contributed by atoms with Gasteiger partial charge in [0.15, 0.2) is 12.3 Å². The molecule has 2 aliphatic rings. The van der Waals surface area contributed by atoms with Crippen molar-refractivity contribution in [2.24, 2.45) is 0 Å². The van der Waals surface area contributed by atoms with Crippen LogP contribution >= 0.6 is 11.6 Å². The van der Waals surface area contributed by atoms with Gasteiger partial charge in [-0.1, -0.05) is 11.6 Å². The van der Waals surface area contributed by atoms with E-state index in [1.54, 1.807) is 13.8 Å². The minimum absolute atomic E-state index is 0.0100. The third-order valence-electron chi connectivity index (χ3n) is 5.32. The molecule has 12 heteroatoms. The van der Waals surface area contributed by atoms with Crippen molar-refractivity contribution in [3.8, 4) is 0 Å². The van der Waals surface area contributed by atoms with Crippen LogP contribution in [0.2, 0.25) is 5.02 Å². The second kappa shape index (κ2) is 10.7. The van der Waals surface area contributed by atoms with Gasteiger partial charge in [-0.3, -0.25) is 9.69 Å². The molecule has 2 fully saturated rings. The normalized spacial score (nSPS) is 20.5. The molecule has 2 saturated heterocycles. The van der Waals surface area contributed by atoms with Crippen molar-refractivity contribution in [1.82, 2.24) is 4.90 Å². The van der Waals surface area contributed by atoms with Crippen LogP contribution in [0, 0.1) is 0 Å². The molecule has 3 unspecified atom stereocenters. The number of hydrogen-bond acceptors (Lipinski definition) is 9. The number of fused-ring (bicyclic) bond motifs is 1. The lowest BCUT2D eigenvalue weighted by molar-refractivity contribution is -0.155. The fraction of sp³-hybridized carbons (Fsp3) is 0.500. The number of urea groups is 1. The standard InChI is InChI=1S/C22H25ClN2O9/c1-4-31-19(27)12(3)33-22(30)34-17-8-6-7-16-18(26)24(21(29)25(16)17)13-9-10-15(23)14(11-13)20(28)32-5-2/h9-12,16-17H,4-8H2,1-3H3. The molecule has 0 aromatic heterocycles. The van der Waals surface area contributed by atoms with E-state index < -0.39 is 48.4 Å². The molecule has 2 aliphatic heterocycles. The van der Waals surface area contributed by atoms with Gasteiger partial charge in [0.2, 0.25) is 0 Å². The van der Waals surface area contributed by atoms with Crippen molar-refractivity contribution in [3.63, 3.8) is 0 Å². The predicted octanol–water partition coefficient (Wildman–Crippen LogP) is 3.27. The predicted molar refractivity (Wildman–Crippen MR) is 117 cm³/mol. The Morgan fingerprint density at radius 1 is 1.12 bits per heavy atom. The number of piperidine rings is 1. The Hall–Kier alpha value is -3.34. The van der Waals surface area contributed by atoms with Gasteiger partial charge in [0.25, 0.3) is 5.91 Å². The third-order valence-corrected chi connectivity index (χ3v) is 5.65. The van der Waals surface area contributed by atoms with Gasteiger partial charge in [-0.2, -0.15) is 0 Å². The van der Waals surface area contributed by atoms with E-state index in [0.717, 1.165) is 4.90 Å². The van der Waals surface area contributed by atoms with Gasteiger partial charge in [-0.25, -0.2) is 24.1 Å². The Balaban J connectivity index is 1.79. The van der Waals surface area contributed by atoms with Crippen LogP contribution < -0.4 is 4.90 Å². The summed E-state index contributed by atoms with van der Waals surface area (Å²) < 4.78 is 20.0. The van der Waals surface area contributed by atoms with E-state index in [9.17, 15) is 24.0 Å². The number of imide groups is 1. The fourth-order valence-corrected chi connectivity index (χ4v) is 3.98. The number of ether oxygens (including phenoxy) is 4. The minimum atomic E-state index is -1.20. The molecule has 0 radical (unpaired) electrons. The van der Waals surface area contributed by atoms with Crippen molar-refractivity contribution >= 4 is 47.3 Å². The topological polar surface area (TPSA) is 129 Å². The number of rotatable bonds is 7. The van der Waals surface area contributed by atoms with Crippen molar-refractivity contribution in [1.29, 1.82) is 0 Å². The van der Waals surface area contributed by atoms with Gasteiger partial charge < -0.3 is 18.9 Å². The molecule has 0 spiro atoms. The van der Waals surface area contributed by atoms with Crippen LogP contribution in [0.1, 0.15) is 50.4 Å². The van der Waals surface area contributed by atoms with Gasteiger partial charge in [0.05, 0.1) is 29.5 Å². The van der Waals surface area contributed by atoms with E-state index in [2.05, 4.69) is 0 Å². The molecule has 3 atom stereocenters. The number of amides is 3. The highest BCUT2D eigenvalue weighted by Crippen LogP contribution is 2.35. The van der Waals surface area contributed by atoms with E-state index in [0.29, 0.717) is 12.8 Å². The molecule has 3 rings (SSSR count). The number of carbonyl (C=O) groups excluding carboxylic acids is 5. The smallest absolute Gasteiger partial charge is 0.463 e. The van der Waals surface area contributed by atoms with Gasteiger partial charge in [-0.15, -0.1) is 0 Å². The summed E-state index contributed by atoms with van der Waals surface area (Å²) in [5.41, 5.74) is 0.143. The lowest BCUT2D eigenvalue weighted by Crippen LogP contribution is -2.49. The Kier molecular flexibility index (Phi) is 7.98. The number of esters is 2. The zero-order valence-electron chi connectivity index (χ0n) is 18.9. The first kappa shape index (κ1) is 25.3. The van der Waals surface area contributed by atoms with E-state index in [-0.39, 0.29) is 35.9 Å². The van der Waals surface area contributed by atoms with Crippen molar-refractivity contribution in [3.05, 3.63) is 28.8 Å². The first-order valence-electron chi connectivity index (χ1n) is 10.9. The molecule has 3 amide bonds. The van der Waals surface area contributed by atoms with Crippen LogP contribution in [-0.2, 0) is 28.5 Å². The number of nitrogens with zero attached hydrogens (tertiary/aromatic N) is 2. The quantitative estimate of drug-likeness (QED) is 0.317. The van der Waals surface area contributed by atoms with Crippen molar-refractivity contribution in [2.45, 2.75) is 58.4 Å². The Morgan fingerprint density at radius 2 is 1.82 bits per heavy atom. The summed E-state index contributed by atoms with van der Waals surface area (Å²) in [5, 5.41) is 0.110. The highest BCUT2D eigenvalue weighted by molar-refractivity contribution is 6.34. The lowest BCUT2D eigenvalue weighted by atomic mass is 10.0. The summed E-state index contributed by atoms with van der Waals surface area (Å²) in [7, 11) is 0. The van der Waals surface area contributed by atoms with Gasteiger partial charge >= 0.3 is 24.1 Å². The molecule has 34 heavy (non-hydrogen) atoms. The van der Waals surface area contributed by atoms with Crippen LogP contribution in [0.15, 0.2) is 18.2 Å². The van der Waals surface area contributed by atoms with Crippen LogP contribution in [0.4, 0.5) is 15.3 Å². The van der Waals surface area contributed by atoms with Crippen LogP contribution in [0.3, 0.4) is 0 Å². The van der Waals surface area contributed by atoms with E-state index in [1.807, 2.05) is 0 Å². The maximum absolute atomic E-state index is 13.2. The van der Waals surface area contributed by atoms with E-state index >= 15 is 0 Å². The average Bonchev–Trinajstić information content (AvgIpc) is 3.05. The van der Waals surface area contributed by atoms with Gasteiger partial charge in [-0.05, 0) is 51.8 Å². The van der Waals surface area contributed by atoms with Crippen LogP contribution in [0.25, 0.3) is 0 Å². The number of benzene rings is 1. The van der Waals surface area contributed by atoms with Gasteiger partial charge in [0.1, 0.15) is 6.04 Å². The second-order valence-corrected chi connectivity index (χ2v) is 7.94. The average molecular weight is 497 g/mol. The second-order valence-electron chi connectivity index (χ2n) is 7.53. The molecule has 0 aliphatic carbocycles. The molecular formula is C22H25ClN2O9. The van der Waals surface area contributed by atoms with Crippen molar-refractivity contribution in [2.75, 3.05) is 18.1 Å². The monoisotopic (exact) mass is 496 g/mol. The SMILES string of the molecule is CCOC(=O)c1cc(N2C(=O)C3CCCC(OC(=O)OC(C)C(=O)OCC)N3C2=O)ccc1Cl. The summed E-state index contributed by atoms with van der Waals surface area (Å²) in [4.78, 5) is 64.5. The van der Waals surface area contributed by atoms with Gasteiger partial charge in [0, 0.05) is 6.42 Å². The van der Waals surface area contributed by atoms with E-state index in [1.165, 1.54) is 30.0 Å². The molecule has 0 N–H and O–H groups in total. The molecular weight excluding hydrogens is 472 g/mol. The summed E-state index contributed by atoms with van der Waals surface area (Å²) in [6.07, 6.45) is -2.28. The Labute approximate surface area is 200 Å². The Morgan fingerprint density at radius 3 is 2.50 bits per heavy atom. The summed E-state index contributed by atoms with van der Waals surface area (Å²) >= 11 is 6.09. The molecule has 0 saturated carbocycles. The molecule has 1 aromatic carbocycles. The van der Waals surface area contributed by atoms with E-state index in [4.69, 9.17) is 30.5 Å². The zero-order valence-corrected chi connectivity index (χ0v) is 19.7. The molecule has 184 valence electrons. The Bertz CT molecular complexity index is 999. The first-order valence-corrected chi connectivity index (χ1v) is 11.2. The molecule has 11 nitrogen and oxygen atoms in total. The number of hydrogen-bond donors (Lipinski definition) is 0. The number of anilines is 1. The maximum Gasteiger partial charge on any atom is 0.511 e. The van der Waals surface area contributed by atoms with Crippen LogP contribution in [0.5, 0.6) is 0 Å². The van der Waals surface area contributed by atoms with Crippen LogP contribution in [-0.4, -0.2) is 66.5 Å². The molecule has 2 heterocycles.